The number of rotatable bonds is 3. The van der Waals surface area contributed by atoms with Crippen molar-refractivity contribution in [1.82, 2.24) is 0 Å². The molecule has 40 valence electrons. The molecule has 0 heterocycles. The maximum Gasteiger partial charge on any atom is -0.0345 e. The molecule has 0 saturated carbocycles. The molecule has 0 unspecified atom stereocenters. The summed E-state index contributed by atoms with van der Waals surface area (Å²) in [5, 5.41) is 0. The van der Waals surface area contributed by atoms with Gasteiger partial charge in [0.1, 0.15) is 0 Å². The molecule has 0 rings (SSSR count). The second-order valence-electron chi connectivity index (χ2n) is 1.49. The number of hydrogen-bond acceptors (Lipinski definition) is 0. The highest BCUT2D eigenvalue weighted by Gasteiger charge is 1.73. The van der Waals surface area contributed by atoms with Crippen LogP contribution >= 0.6 is 0 Å². The van der Waals surface area contributed by atoms with Gasteiger partial charge in [-0.25, -0.2) is 0 Å². The highest BCUT2D eigenvalue weighted by Crippen LogP contribution is 1.92. The van der Waals surface area contributed by atoms with Gasteiger partial charge in [0, 0.05) is 0 Å². The Morgan fingerprint density at radius 2 is 2.43 bits per heavy atom. The van der Waals surface area contributed by atoms with Gasteiger partial charge < -0.3 is 0 Å². The molecular formula is C7H12. The monoisotopic (exact) mass is 96.1 g/mol. The first-order chi connectivity index (χ1) is 3.41. The van der Waals surface area contributed by atoms with Gasteiger partial charge >= 0.3 is 0 Å². The molecule has 0 aliphatic carbocycles. The Morgan fingerprint density at radius 3 is 2.86 bits per heavy atom. The second-order valence-corrected chi connectivity index (χ2v) is 1.49. The Bertz CT molecular complexity index is 44.0. The molecular weight excluding hydrogens is 84.1 g/mol. The van der Waals surface area contributed by atoms with Crippen molar-refractivity contribution in [1.29, 1.82) is 0 Å². The number of unbranched alkanes of at least 4 members (excludes halogenated alkanes) is 2. The quantitative estimate of drug-likeness (QED) is 0.473. The molecule has 0 bridgehead atoms. The summed E-state index contributed by atoms with van der Waals surface area (Å²) in [5.74, 6) is 0. The van der Waals surface area contributed by atoms with Crippen LogP contribution in [0.25, 0.3) is 0 Å². The van der Waals surface area contributed by atoms with E-state index in [1.807, 2.05) is 13.0 Å². The smallest absolute Gasteiger partial charge is 0.0345 e. The molecule has 0 nitrogen and oxygen atoms in total. The Balaban J connectivity index is 2.69. The van der Waals surface area contributed by atoms with Crippen LogP contribution in [0.4, 0.5) is 0 Å². The maximum atomic E-state index is 3.71. The van der Waals surface area contributed by atoms with Crippen molar-refractivity contribution in [2.75, 3.05) is 0 Å². The molecule has 0 atom stereocenters. The van der Waals surface area contributed by atoms with Crippen LogP contribution in [0.2, 0.25) is 0 Å². The SMILES string of the molecule is [CH2]CCC/C=[C]/C. The minimum Gasteiger partial charge on any atom is -0.0813 e. The van der Waals surface area contributed by atoms with E-state index in [4.69, 9.17) is 0 Å². The highest BCUT2D eigenvalue weighted by atomic mass is 13.8. The van der Waals surface area contributed by atoms with E-state index in [0.29, 0.717) is 0 Å². The van der Waals surface area contributed by atoms with Crippen LogP contribution in [0, 0.1) is 13.0 Å². The zero-order chi connectivity index (χ0) is 5.54. The van der Waals surface area contributed by atoms with E-state index in [1.165, 1.54) is 6.42 Å². The molecule has 0 heteroatoms. The van der Waals surface area contributed by atoms with Crippen molar-refractivity contribution in [2.45, 2.75) is 26.2 Å². The van der Waals surface area contributed by atoms with E-state index in [0.717, 1.165) is 12.8 Å². The lowest BCUT2D eigenvalue weighted by Crippen LogP contribution is -1.64. The first kappa shape index (κ1) is 6.74. The molecule has 7 heavy (non-hydrogen) atoms. The standard InChI is InChI=1S/C7H12/c1-3-5-7-6-4-2/h6H,1,3,5,7H2,2H3. The summed E-state index contributed by atoms with van der Waals surface area (Å²) in [4.78, 5) is 0. The van der Waals surface area contributed by atoms with Crippen LogP contribution in [0.5, 0.6) is 0 Å². The third-order valence-corrected chi connectivity index (χ3v) is 0.803. The molecule has 0 N–H and O–H groups in total. The topological polar surface area (TPSA) is 0 Å². The maximum absolute atomic E-state index is 3.71. The highest BCUT2D eigenvalue weighted by molar-refractivity contribution is 4.69. The zero-order valence-electron chi connectivity index (χ0n) is 4.91. The Hall–Kier alpha value is -0.260. The zero-order valence-corrected chi connectivity index (χ0v) is 4.91. The van der Waals surface area contributed by atoms with Gasteiger partial charge in [0.2, 0.25) is 0 Å². The van der Waals surface area contributed by atoms with Gasteiger partial charge in [-0.1, -0.05) is 25.5 Å². The molecule has 0 aromatic heterocycles. The second kappa shape index (κ2) is 5.74. The average Bonchev–Trinajstić information content (AvgIpc) is 1.69. The van der Waals surface area contributed by atoms with Crippen molar-refractivity contribution in [3.8, 4) is 0 Å². The normalized spacial score (nSPS) is 10.6. The lowest BCUT2D eigenvalue weighted by atomic mass is 10.2. The average molecular weight is 96.2 g/mol. The van der Waals surface area contributed by atoms with Crippen molar-refractivity contribution in [2.24, 2.45) is 0 Å². The predicted octanol–water partition coefficient (Wildman–Crippen LogP) is 2.37. The van der Waals surface area contributed by atoms with Crippen LogP contribution in [-0.2, 0) is 0 Å². The van der Waals surface area contributed by atoms with Gasteiger partial charge in [-0.2, -0.15) is 0 Å². The lowest BCUT2D eigenvalue weighted by Gasteiger charge is -1.83. The third-order valence-electron chi connectivity index (χ3n) is 0.803. The first-order valence-corrected chi connectivity index (χ1v) is 2.70. The summed E-state index contributed by atoms with van der Waals surface area (Å²) in [7, 11) is 0. The predicted molar refractivity (Wildman–Crippen MR) is 32.7 cm³/mol. The third kappa shape index (κ3) is 5.74. The summed E-state index contributed by atoms with van der Waals surface area (Å²) in [6.45, 7) is 5.63. The summed E-state index contributed by atoms with van der Waals surface area (Å²) < 4.78 is 0. The molecule has 0 fully saturated rings. The molecule has 0 aliphatic heterocycles. The Kier molecular flexibility index (Phi) is 5.53. The summed E-state index contributed by atoms with van der Waals surface area (Å²) in [5.41, 5.74) is 0. The fraction of sp³-hybridized carbons (Fsp3) is 0.571. The van der Waals surface area contributed by atoms with Crippen LogP contribution < -0.4 is 0 Å². The van der Waals surface area contributed by atoms with Crippen LogP contribution in [0.15, 0.2) is 6.08 Å². The van der Waals surface area contributed by atoms with Crippen LogP contribution in [0.3, 0.4) is 0 Å². The molecule has 0 amide bonds. The largest absolute Gasteiger partial charge is 0.0813 e. The van der Waals surface area contributed by atoms with E-state index >= 15 is 0 Å². The minimum absolute atomic E-state index is 1.04. The molecule has 0 aromatic rings. The minimum atomic E-state index is 1.04. The van der Waals surface area contributed by atoms with Crippen molar-refractivity contribution in [3.63, 3.8) is 0 Å². The van der Waals surface area contributed by atoms with E-state index in [2.05, 4.69) is 13.0 Å². The van der Waals surface area contributed by atoms with E-state index < -0.39 is 0 Å². The van der Waals surface area contributed by atoms with Gasteiger partial charge in [0.05, 0.1) is 0 Å². The van der Waals surface area contributed by atoms with Crippen molar-refractivity contribution < 1.29 is 0 Å². The molecule has 0 aliphatic rings. The van der Waals surface area contributed by atoms with Gasteiger partial charge in [-0.15, -0.1) is 0 Å². The Morgan fingerprint density at radius 1 is 1.71 bits per heavy atom. The van der Waals surface area contributed by atoms with Crippen molar-refractivity contribution >= 4 is 0 Å². The van der Waals surface area contributed by atoms with Crippen LogP contribution in [0.1, 0.15) is 26.2 Å². The first-order valence-electron chi connectivity index (χ1n) is 2.70. The van der Waals surface area contributed by atoms with Gasteiger partial charge in [-0.3, -0.25) is 0 Å². The summed E-state index contributed by atoms with van der Waals surface area (Å²) in [6, 6.07) is 0. The van der Waals surface area contributed by atoms with E-state index in [1.54, 1.807) is 0 Å². The van der Waals surface area contributed by atoms with Gasteiger partial charge in [-0.05, 0) is 19.8 Å². The van der Waals surface area contributed by atoms with Gasteiger partial charge in [0.25, 0.3) is 0 Å². The molecule has 0 aromatic carbocycles. The van der Waals surface area contributed by atoms with E-state index in [-0.39, 0.29) is 0 Å². The van der Waals surface area contributed by atoms with Crippen molar-refractivity contribution in [3.05, 3.63) is 19.1 Å². The number of hydrogen-bond donors (Lipinski definition) is 0. The molecule has 0 spiro atoms. The lowest BCUT2D eigenvalue weighted by molar-refractivity contribution is 0.863. The summed E-state index contributed by atoms with van der Waals surface area (Å²) >= 11 is 0. The molecule has 0 saturated heterocycles. The summed E-state index contributed by atoms with van der Waals surface area (Å²) in [6.07, 6.45) is 8.37. The fourth-order valence-electron chi connectivity index (χ4n) is 0.391. The Labute approximate surface area is 46.2 Å². The van der Waals surface area contributed by atoms with Gasteiger partial charge in [0.15, 0.2) is 0 Å². The number of allylic oxidation sites excluding steroid dienone is 2. The van der Waals surface area contributed by atoms with Crippen LogP contribution in [-0.4, -0.2) is 0 Å². The van der Waals surface area contributed by atoms with E-state index in [9.17, 15) is 0 Å². The molecule has 2 radical (unpaired) electrons. The fourth-order valence-corrected chi connectivity index (χ4v) is 0.391.